The number of aromatic nitrogens is 2. The fourth-order valence-electron chi connectivity index (χ4n) is 2.36. The molecule has 1 aromatic heterocycles. The van der Waals surface area contributed by atoms with E-state index in [9.17, 15) is 4.21 Å². The Morgan fingerprint density at radius 1 is 1.19 bits per heavy atom. The summed E-state index contributed by atoms with van der Waals surface area (Å²) in [5.74, 6) is 0. The highest BCUT2D eigenvalue weighted by Crippen LogP contribution is 2.35. The van der Waals surface area contributed by atoms with Gasteiger partial charge in [-0.15, -0.1) is 0 Å². The van der Waals surface area contributed by atoms with Gasteiger partial charge in [-0.2, -0.15) is 5.10 Å². The van der Waals surface area contributed by atoms with Crippen molar-refractivity contribution in [1.29, 1.82) is 0 Å². The van der Waals surface area contributed by atoms with Crippen LogP contribution in [0, 0.1) is 0 Å². The summed E-state index contributed by atoms with van der Waals surface area (Å²) in [6, 6.07) is 10.9. The van der Waals surface area contributed by atoms with Crippen molar-refractivity contribution in [2.75, 3.05) is 0 Å². The van der Waals surface area contributed by atoms with E-state index in [2.05, 4.69) is 5.10 Å². The van der Waals surface area contributed by atoms with Crippen molar-refractivity contribution in [3.63, 3.8) is 0 Å². The van der Waals surface area contributed by atoms with Gasteiger partial charge in [-0.3, -0.25) is 4.68 Å². The highest BCUT2D eigenvalue weighted by Gasteiger charge is 2.17. The number of aryl methyl sites for hydroxylation is 1. The van der Waals surface area contributed by atoms with Gasteiger partial charge in [-0.05, 0) is 18.2 Å². The molecule has 0 bridgehead atoms. The molecule has 0 fully saturated rings. The van der Waals surface area contributed by atoms with E-state index in [1.165, 1.54) is 4.68 Å². The molecule has 0 amide bonds. The van der Waals surface area contributed by atoms with Gasteiger partial charge in [0.05, 0.1) is 0 Å². The minimum atomic E-state index is -1.61. The Hall–Kier alpha value is -1.40. The lowest BCUT2D eigenvalue weighted by Gasteiger charge is -2.05. The summed E-state index contributed by atoms with van der Waals surface area (Å²) in [5, 5.41) is 12.3. The van der Waals surface area contributed by atoms with Gasteiger partial charge in [-0.25, -0.2) is 9.35 Å². The van der Waals surface area contributed by atoms with Gasteiger partial charge < -0.3 is 0 Å². The second-order valence-electron chi connectivity index (χ2n) is 4.55. The first-order valence-corrected chi connectivity index (χ1v) is 8.03. The Bertz CT molecular complexity index is 876. The normalized spacial score (nSPS) is 12.8. The number of hydrogen-bond donors (Lipinski definition) is 1. The zero-order valence-corrected chi connectivity index (χ0v) is 13.3. The lowest BCUT2D eigenvalue weighted by molar-refractivity contribution is 0.658. The SMILES string of the molecule is Cn1nc2c(-c3ccc(Cl)cc3Cl)cccc2c1S(N)=O. The summed E-state index contributed by atoms with van der Waals surface area (Å²) in [6.45, 7) is 0. The van der Waals surface area contributed by atoms with Crippen molar-refractivity contribution in [2.45, 2.75) is 5.03 Å². The molecular formula is C14H11Cl2N3OS. The smallest absolute Gasteiger partial charge is 0.148 e. The van der Waals surface area contributed by atoms with E-state index in [0.29, 0.717) is 20.6 Å². The monoisotopic (exact) mass is 339 g/mol. The molecule has 4 nitrogen and oxygen atoms in total. The molecule has 2 aromatic carbocycles. The van der Waals surface area contributed by atoms with E-state index in [1.54, 1.807) is 19.2 Å². The molecule has 0 saturated carbocycles. The molecule has 0 saturated heterocycles. The maximum atomic E-state index is 11.7. The van der Waals surface area contributed by atoms with Crippen LogP contribution in [0.1, 0.15) is 0 Å². The lowest BCUT2D eigenvalue weighted by Crippen LogP contribution is -2.08. The Morgan fingerprint density at radius 2 is 1.95 bits per heavy atom. The average molecular weight is 340 g/mol. The van der Waals surface area contributed by atoms with E-state index in [1.807, 2.05) is 24.3 Å². The summed E-state index contributed by atoms with van der Waals surface area (Å²) in [7, 11) is 0.104. The number of halogens is 2. The Morgan fingerprint density at radius 3 is 2.62 bits per heavy atom. The number of benzene rings is 2. The van der Waals surface area contributed by atoms with Crippen molar-refractivity contribution in [2.24, 2.45) is 12.2 Å². The molecule has 0 aliphatic heterocycles. The van der Waals surface area contributed by atoms with E-state index >= 15 is 0 Å². The van der Waals surface area contributed by atoms with Crippen molar-refractivity contribution < 1.29 is 4.21 Å². The van der Waals surface area contributed by atoms with Crippen LogP contribution in [0.15, 0.2) is 41.4 Å². The molecule has 1 unspecified atom stereocenters. The standard InChI is InChI=1S/C14H11Cl2N3OS/c1-19-14(21(17)20)11-4-2-3-10(13(11)18-19)9-6-5-8(15)7-12(9)16/h2-7H,17H2,1H3. The van der Waals surface area contributed by atoms with Gasteiger partial charge in [0.15, 0.2) is 0 Å². The van der Waals surface area contributed by atoms with Crippen LogP contribution < -0.4 is 5.14 Å². The van der Waals surface area contributed by atoms with Crippen LogP contribution in [0.3, 0.4) is 0 Å². The van der Waals surface area contributed by atoms with Crippen LogP contribution in [-0.4, -0.2) is 14.0 Å². The minimum absolute atomic E-state index is 0.483. The quantitative estimate of drug-likeness (QED) is 0.776. The lowest BCUT2D eigenvalue weighted by atomic mass is 10.0. The first kappa shape index (κ1) is 14.5. The third kappa shape index (κ3) is 2.46. The van der Waals surface area contributed by atoms with E-state index in [4.69, 9.17) is 28.3 Å². The summed E-state index contributed by atoms with van der Waals surface area (Å²) >= 11 is 12.2. The topological polar surface area (TPSA) is 60.9 Å². The summed E-state index contributed by atoms with van der Waals surface area (Å²) in [4.78, 5) is 0. The van der Waals surface area contributed by atoms with Crippen molar-refractivity contribution >= 4 is 45.1 Å². The van der Waals surface area contributed by atoms with Gasteiger partial charge >= 0.3 is 0 Å². The van der Waals surface area contributed by atoms with Crippen LogP contribution in [0.2, 0.25) is 10.0 Å². The molecule has 3 aromatic rings. The highest BCUT2D eigenvalue weighted by atomic mass is 35.5. The number of rotatable bonds is 2. The molecule has 108 valence electrons. The molecule has 0 aliphatic rings. The molecule has 0 radical (unpaired) electrons. The predicted molar refractivity (Wildman–Crippen MR) is 86.8 cm³/mol. The van der Waals surface area contributed by atoms with Crippen LogP contribution in [0.5, 0.6) is 0 Å². The summed E-state index contributed by atoms with van der Waals surface area (Å²) in [5.41, 5.74) is 2.37. The van der Waals surface area contributed by atoms with E-state index < -0.39 is 11.0 Å². The van der Waals surface area contributed by atoms with Crippen LogP contribution >= 0.6 is 23.2 Å². The second kappa shape index (κ2) is 5.42. The van der Waals surface area contributed by atoms with Crippen LogP contribution in [0.25, 0.3) is 22.0 Å². The fourth-order valence-corrected chi connectivity index (χ4v) is 3.55. The molecular weight excluding hydrogens is 329 g/mol. The Labute approximate surface area is 134 Å². The van der Waals surface area contributed by atoms with E-state index in [0.717, 1.165) is 16.5 Å². The van der Waals surface area contributed by atoms with E-state index in [-0.39, 0.29) is 0 Å². The summed E-state index contributed by atoms with van der Waals surface area (Å²) < 4.78 is 13.2. The first-order valence-electron chi connectivity index (χ1n) is 6.06. The zero-order chi connectivity index (χ0) is 15.1. The third-order valence-electron chi connectivity index (χ3n) is 3.22. The van der Waals surface area contributed by atoms with Gasteiger partial charge in [-0.1, -0.05) is 41.4 Å². The van der Waals surface area contributed by atoms with Gasteiger partial charge in [0.2, 0.25) is 0 Å². The minimum Gasteiger partial charge on any atom is -0.257 e. The average Bonchev–Trinajstić information content (AvgIpc) is 2.75. The number of nitrogens with zero attached hydrogens (tertiary/aromatic N) is 2. The van der Waals surface area contributed by atoms with Gasteiger partial charge in [0, 0.05) is 33.6 Å². The van der Waals surface area contributed by atoms with Gasteiger partial charge in [0.25, 0.3) is 0 Å². The third-order valence-corrected chi connectivity index (χ3v) is 4.64. The predicted octanol–water partition coefficient (Wildman–Crippen LogP) is 3.53. The number of nitrogens with two attached hydrogens (primary N) is 1. The number of hydrogen-bond acceptors (Lipinski definition) is 2. The zero-order valence-electron chi connectivity index (χ0n) is 11.0. The molecule has 0 aliphatic carbocycles. The Balaban J connectivity index is 2.34. The molecule has 0 spiro atoms. The first-order chi connectivity index (χ1) is 9.99. The molecule has 1 heterocycles. The van der Waals surface area contributed by atoms with Crippen molar-refractivity contribution in [1.82, 2.24) is 9.78 Å². The second-order valence-corrected chi connectivity index (χ2v) is 6.38. The number of fused-ring (bicyclic) bond motifs is 1. The highest BCUT2D eigenvalue weighted by molar-refractivity contribution is 7.82. The fraction of sp³-hybridized carbons (Fsp3) is 0.0714. The molecule has 7 heteroatoms. The maximum Gasteiger partial charge on any atom is 0.148 e. The largest absolute Gasteiger partial charge is 0.257 e. The molecule has 3 rings (SSSR count). The molecule has 2 N–H and O–H groups in total. The Kier molecular flexibility index (Phi) is 3.75. The summed E-state index contributed by atoms with van der Waals surface area (Å²) in [6.07, 6.45) is 0. The molecule has 1 atom stereocenters. The van der Waals surface area contributed by atoms with Crippen LogP contribution in [0.4, 0.5) is 0 Å². The van der Waals surface area contributed by atoms with Gasteiger partial charge in [0.1, 0.15) is 21.5 Å². The maximum absolute atomic E-state index is 11.7. The molecule has 21 heavy (non-hydrogen) atoms. The van der Waals surface area contributed by atoms with Crippen LogP contribution in [-0.2, 0) is 18.0 Å². The van der Waals surface area contributed by atoms with Crippen molar-refractivity contribution in [3.05, 3.63) is 46.4 Å². The van der Waals surface area contributed by atoms with Crippen molar-refractivity contribution in [3.8, 4) is 11.1 Å².